The maximum atomic E-state index is 4.40. The van der Waals surface area contributed by atoms with Gasteiger partial charge in [0, 0.05) is 12.2 Å². The lowest BCUT2D eigenvalue weighted by Gasteiger charge is -2.04. The highest BCUT2D eigenvalue weighted by molar-refractivity contribution is 5.06. The molecule has 3 nitrogen and oxygen atoms in total. The second kappa shape index (κ2) is 5.02. The van der Waals surface area contributed by atoms with Crippen LogP contribution in [0, 0.1) is 13.8 Å². The smallest absolute Gasteiger partial charge is 0.0596 e. The molecule has 1 aromatic heterocycles. The fourth-order valence-corrected chi connectivity index (χ4v) is 1.43. The Morgan fingerprint density at radius 2 is 2.23 bits per heavy atom. The average Bonchev–Trinajstić information content (AvgIpc) is 2.39. The molecule has 13 heavy (non-hydrogen) atoms. The lowest BCUT2D eigenvalue weighted by Crippen LogP contribution is -2.16. The first kappa shape index (κ1) is 10.3. The van der Waals surface area contributed by atoms with Gasteiger partial charge >= 0.3 is 0 Å². The van der Waals surface area contributed by atoms with Crippen LogP contribution in [0.3, 0.4) is 0 Å². The van der Waals surface area contributed by atoms with E-state index in [4.69, 9.17) is 0 Å². The largest absolute Gasteiger partial charge is 0.317 e. The Bertz CT molecular complexity index is 253. The number of hydrogen-bond donors (Lipinski definition) is 1. The molecule has 1 aromatic rings. The molecule has 0 aliphatic heterocycles. The van der Waals surface area contributed by atoms with Crippen molar-refractivity contribution in [3.63, 3.8) is 0 Å². The minimum atomic E-state index is 1.02. The van der Waals surface area contributed by atoms with Crippen molar-refractivity contribution in [2.45, 2.75) is 33.7 Å². The topological polar surface area (TPSA) is 29.9 Å². The van der Waals surface area contributed by atoms with Gasteiger partial charge in [0.25, 0.3) is 0 Å². The summed E-state index contributed by atoms with van der Waals surface area (Å²) >= 11 is 0. The molecule has 0 unspecified atom stereocenters. The van der Waals surface area contributed by atoms with Gasteiger partial charge in [-0.2, -0.15) is 5.10 Å². The molecule has 0 fully saturated rings. The zero-order valence-corrected chi connectivity index (χ0v) is 8.80. The monoisotopic (exact) mass is 181 g/mol. The van der Waals surface area contributed by atoms with Gasteiger partial charge in [-0.05, 0) is 39.4 Å². The molecule has 0 aliphatic carbocycles. The Morgan fingerprint density at radius 3 is 2.77 bits per heavy atom. The Labute approximate surface area is 80.1 Å². The van der Waals surface area contributed by atoms with Crippen molar-refractivity contribution in [3.8, 4) is 0 Å². The van der Waals surface area contributed by atoms with Gasteiger partial charge in [-0.15, -0.1) is 0 Å². The molecular weight excluding hydrogens is 162 g/mol. The molecule has 0 amide bonds. The van der Waals surface area contributed by atoms with Crippen molar-refractivity contribution in [1.82, 2.24) is 15.1 Å². The molecule has 0 aromatic carbocycles. The molecule has 1 rings (SSSR count). The van der Waals surface area contributed by atoms with E-state index in [0.29, 0.717) is 0 Å². The zero-order chi connectivity index (χ0) is 9.68. The molecule has 0 saturated heterocycles. The molecule has 0 bridgehead atoms. The van der Waals surface area contributed by atoms with Crippen LogP contribution in [0.4, 0.5) is 0 Å². The van der Waals surface area contributed by atoms with Crippen molar-refractivity contribution in [2.24, 2.45) is 0 Å². The zero-order valence-electron chi connectivity index (χ0n) is 8.80. The quantitative estimate of drug-likeness (QED) is 0.698. The predicted octanol–water partition coefficient (Wildman–Crippen LogP) is 1.50. The fraction of sp³-hybridized carbons (Fsp3) is 0.700. The first-order chi connectivity index (χ1) is 6.24. The molecule has 3 heteroatoms. The predicted molar refractivity (Wildman–Crippen MR) is 54.9 cm³/mol. The molecule has 74 valence electrons. The van der Waals surface area contributed by atoms with E-state index >= 15 is 0 Å². The van der Waals surface area contributed by atoms with Gasteiger partial charge in [0.1, 0.15) is 0 Å². The SMILES string of the molecule is CCNCCCn1nc(C)cc1C. The van der Waals surface area contributed by atoms with Gasteiger partial charge in [-0.3, -0.25) is 4.68 Å². The van der Waals surface area contributed by atoms with Crippen LogP contribution in [0.25, 0.3) is 0 Å². The molecule has 0 radical (unpaired) electrons. The maximum absolute atomic E-state index is 4.40. The first-order valence-electron chi connectivity index (χ1n) is 4.96. The van der Waals surface area contributed by atoms with Crippen LogP contribution in [0.5, 0.6) is 0 Å². The van der Waals surface area contributed by atoms with Crippen LogP contribution >= 0.6 is 0 Å². The number of nitrogens with zero attached hydrogens (tertiary/aromatic N) is 2. The molecule has 0 spiro atoms. The second-order valence-electron chi connectivity index (χ2n) is 3.36. The fourth-order valence-electron chi connectivity index (χ4n) is 1.43. The summed E-state index contributed by atoms with van der Waals surface area (Å²) in [5, 5.41) is 7.70. The van der Waals surface area contributed by atoms with Gasteiger partial charge in [-0.1, -0.05) is 6.92 Å². The number of aryl methyl sites for hydroxylation is 3. The summed E-state index contributed by atoms with van der Waals surface area (Å²) in [6.07, 6.45) is 1.15. The van der Waals surface area contributed by atoms with Crippen molar-refractivity contribution >= 4 is 0 Å². The maximum Gasteiger partial charge on any atom is 0.0596 e. The van der Waals surface area contributed by atoms with E-state index in [0.717, 1.165) is 31.7 Å². The summed E-state index contributed by atoms with van der Waals surface area (Å²) in [6, 6.07) is 2.12. The normalized spacial score (nSPS) is 10.7. The number of nitrogens with one attached hydrogen (secondary N) is 1. The lowest BCUT2D eigenvalue weighted by atomic mass is 10.4. The highest BCUT2D eigenvalue weighted by Gasteiger charge is 1.98. The Morgan fingerprint density at radius 1 is 1.46 bits per heavy atom. The summed E-state index contributed by atoms with van der Waals surface area (Å²) in [5.74, 6) is 0. The standard InChI is InChI=1S/C10H19N3/c1-4-11-6-5-7-13-10(3)8-9(2)12-13/h8,11H,4-7H2,1-3H3. The molecule has 1 heterocycles. The minimum Gasteiger partial charge on any atom is -0.317 e. The molecule has 0 aliphatic rings. The van der Waals surface area contributed by atoms with E-state index in [1.807, 2.05) is 6.92 Å². The third kappa shape index (κ3) is 3.19. The first-order valence-corrected chi connectivity index (χ1v) is 4.96. The molecular formula is C10H19N3. The van der Waals surface area contributed by atoms with Gasteiger partial charge < -0.3 is 5.32 Å². The van der Waals surface area contributed by atoms with E-state index in [-0.39, 0.29) is 0 Å². The van der Waals surface area contributed by atoms with E-state index in [9.17, 15) is 0 Å². The van der Waals surface area contributed by atoms with Crippen LogP contribution in [0.15, 0.2) is 6.07 Å². The summed E-state index contributed by atoms with van der Waals surface area (Å²) in [5.41, 5.74) is 2.37. The van der Waals surface area contributed by atoms with E-state index in [2.05, 4.69) is 35.0 Å². The number of rotatable bonds is 5. The van der Waals surface area contributed by atoms with Crippen LogP contribution < -0.4 is 5.32 Å². The molecule has 0 saturated carbocycles. The number of aromatic nitrogens is 2. The van der Waals surface area contributed by atoms with E-state index < -0.39 is 0 Å². The molecule has 1 N–H and O–H groups in total. The Kier molecular flexibility index (Phi) is 3.96. The molecule has 0 atom stereocenters. The average molecular weight is 181 g/mol. The summed E-state index contributed by atoms with van der Waals surface area (Å²) in [6.45, 7) is 9.42. The highest BCUT2D eigenvalue weighted by atomic mass is 15.3. The van der Waals surface area contributed by atoms with E-state index in [1.54, 1.807) is 0 Å². The van der Waals surface area contributed by atoms with Crippen molar-refractivity contribution in [2.75, 3.05) is 13.1 Å². The van der Waals surface area contributed by atoms with Crippen LogP contribution in [-0.4, -0.2) is 22.9 Å². The van der Waals surface area contributed by atoms with Crippen molar-refractivity contribution in [1.29, 1.82) is 0 Å². The summed E-state index contributed by atoms with van der Waals surface area (Å²) < 4.78 is 2.08. The highest BCUT2D eigenvalue weighted by Crippen LogP contribution is 2.01. The van der Waals surface area contributed by atoms with Crippen molar-refractivity contribution < 1.29 is 0 Å². The summed E-state index contributed by atoms with van der Waals surface area (Å²) in [7, 11) is 0. The van der Waals surface area contributed by atoms with Gasteiger partial charge in [0.2, 0.25) is 0 Å². The Hall–Kier alpha value is -0.830. The van der Waals surface area contributed by atoms with Crippen LogP contribution in [0.1, 0.15) is 24.7 Å². The van der Waals surface area contributed by atoms with Crippen LogP contribution in [0.2, 0.25) is 0 Å². The summed E-state index contributed by atoms with van der Waals surface area (Å²) in [4.78, 5) is 0. The number of hydrogen-bond acceptors (Lipinski definition) is 2. The van der Waals surface area contributed by atoms with Gasteiger partial charge in [-0.25, -0.2) is 0 Å². The third-order valence-corrected chi connectivity index (χ3v) is 2.08. The van der Waals surface area contributed by atoms with Crippen molar-refractivity contribution in [3.05, 3.63) is 17.5 Å². The third-order valence-electron chi connectivity index (χ3n) is 2.08. The van der Waals surface area contributed by atoms with Crippen LogP contribution in [-0.2, 0) is 6.54 Å². The van der Waals surface area contributed by atoms with Gasteiger partial charge in [0.15, 0.2) is 0 Å². The Balaban J connectivity index is 2.32. The lowest BCUT2D eigenvalue weighted by molar-refractivity contribution is 0.538. The minimum absolute atomic E-state index is 1.02. The van der Waals surface area contributed by atoms with Gasteiger partial charge in [0.05, 0.1) is 5.69 Å². The van der Waals surface area contributed by atoms with E-state index in [1.165, 1.54) is 5.69 Å². The second-order valence-corrected chi connectivity index (χ2v) is 3.36.